The molecule has 0 aliphatic rings. The predicted octanol–water partition coefficient (Wildman–Crippen LogP) is 2.65. The van der Waals surface area contributed by atoms with Gasteiger partial charge in [0.05, 0.1) is 6.04 Å². The lowest BCUT2D eigenvalue weighted by molar-refractivity contribution is -0.129. The number of rotatable bonds is 11. The molecule has 0 rings (SSSR count). The van der Waals surface area contributed by atoms with Gasteiger partial charge in [0.25, 0.3) is 0 Å². The molecule has 0 saturated carbocycles. The summed E-state index contributed by atoms with van der Waals surface area (Å²) in [6.07, 6.45) is 5.34. The Hall–Kier alpha value is -0.900. The van der Waals surface area contributed by atoms with Crippen LogP contribution in [-0.2, 0) is 9.59 Å². The molecule has 3 N–H and O–H groups in total. The van der Waals surface area contributed by atoms with E-state index in [1.807, 2.05) is 13.8 Å². The van der Waals surface area contributed by atoms with Crippen LogP contribution in [0, 0.1) is 11.8 Å². The first-order valence-corrected chi connectivity index (χ1v) is 7.95. The molecule has 1 amide bonds. The Labute approximate surface area is 123 Å². The van der Waals surface area contributed by atoms with E-state index in [1.165, 1.54) is 12.8 Å². The van der Waals surface area contributed by atoms with Crippen LogP contribution in [0.2, 0.25) is 0 Å². The van der Waals surface area contributed by atoms with Crippen LogP contribution in [0.5, 0.6) is 0 Å². The fourth-order valence-corrected chi connectivity index (χ4v) is 2.10. The molecule has 0 aromatic heterocycles. The number of Topliss-reactive ketones (excluding diaryl/α,β-unsaturated/α-hetero) is 1. The van der Waals surface area contributed by atoms with Crippen molar-refractivity contribution in [3.63, 3.8) is 0 Å². The fourth-order valence-electron chi connectivity index (χ4n) is 2.10. The smallest absolute Gasteiger partial charge is 0.220 e. The second kappa shape index (κ2) is 10.8. The first-order valence-electron chi connectivity index (χ1n) is 7.95. The Kier molecular flexibility index (Phi) is 10.3. The maximum atomic E-state index is 12.0. The summed E-state index contributed by atoms with van der Waals surface area (Å²) >= 11 is 0. The van der Waals surface area contributed by atoms with Crippen LogP contribution in [0.15, 0.2) is 0 Å². The molecule has 0 aliphatic carbocycles. The molecular formula is C16H32N2O2. The van der Waals surface area contributed by atoms with E-state index in [0.29, 0.717) is 19.4 Å². The Bertz CT molecular complexity index is 290. The molecule has 20 heavy (non-hydrogen) atoms. The molecule has 0 aromatic rings. The van der Waals surface area contributed by atoms with Gasteiger partial charge < -0.3 is 11.1 Å². The largest absolute Gasteiger partial charge is 0.346 e. The van der Waals surface area contributed by atoms with E-state index in [4.69, 9.17) is 5.73 Å². The van der Waals surface area contributed by atoms with Gasteiger partial charge in [0.15, 0.2) is 5.78 Å². The highest BCUT2D eigenvalue weighted by atomic mass is 16.2. The average Bonchev–Trinajstić information content (AvgIpc) is 2.41. The highest BCUT2D eigenvalue weighted by Gasteiger charge is 2.21. The SMILES string of the molecule is CCC(C)CCCCC(=O)N[C@@H](CCN)C(=O)C(C)C. The molecule has 4 nitrogen and oxygen atoms in total. The minimum Gasteiger partial charge on any atom is -0.346 e. The van der Waals surface area contributed by atoms with E-state index < -0.39 is 6.04 Å². The van der Waals surface area contributed by atoms with Crippen LogP contribution < -0.4 is 11.1 Å². The number of carbonyl (C=O) groups excluding carboxylic acids is 2. The average molecular weight is 284 g/mol. The summed E-state index contributed by atoms with van der Waals surface area (Å²) in [6, 6.07) is -0.415. The van der Waals surface area contributed by atoms with Crippen molar-refractivity contribution in [1.29, 1.82) is 0 Å². The summed E-state index contributed by atoms with van der Waals surface area (Å²) in [4.78, 5) is 23.8. The molecule has 0 spiro atoms. The van der Waals surface area contributed by atoms with Crippen LogP contribution in [-0.4, -0.2) is 24.3 Å². The summed E-state index contributed by atoms with van der Waals surface area (Å²) in [5.74, 6) is 0.702. The van der Waals surface area contributed by atoms with E-state index in [9.17, 15) is 9.59 Å². The van der Waals surface area contributed by atoms with E-state index in [2.05, 4.69) is 19.2 Å². The van der Waals surface area contributed by atoms with E-state index in [1.54, 1.807) is 0 Å². The number of nitrogens with one attached hydrogen (secondary N) is 1. The Morgan fingerprint density at radius 2 is 1.75 bits per heavy atom. The molecule has 0 aromatic carbocycles. The van der Waals surface area contributed by atoms with Crippen molar-refractivity contribution >= 4 is 11.7 Å². The van der Waals surface area contributed by atoms with Gasteiger partial charge in [-0.25, -0.2) is 0 Å². The molecule has 0 aliphatic heterocycles. The van der Waals surface area contributed by atoms with E-state index >= 15 is 0 Å². The number of unbranched alkanes of at least 4 members (excludes halogenated alkanes) is 1. The number of hydrogen-bond acceptors (Lipinski definition) is 3. The van der Waals surface area contributed by atoms with Gasteiger partial charge >= 0.3 is 0 Å². The van der Waals surface area contributed by atoms with Crippen LogP contribution in [0.3, 0.4) is 0 Å². The van der Waals surface area contributed by atoms with Crippen LogP contribution in [0.1, 0.15) is 66.2 Å². The van der Waals surface area contributed by atoms with Crippen molar-refractivity contribution in [1.82, 2.24) is 5.32 Å². The Morgan fingerprint density at radius 3 is 2.25 bits per heavy atom. The van der Waals surface area contributed by atoms with Gasteiger partial charge in [-0.3, -0.25) is 9.59 Å². The van der Waals surface area contributed by atoms with Gasteiger partial charge in [-0.2, -0.15) is 0 Å². The first-order chi connectivity index (χ1) is 9.42. The van der Waals surface area contributed by atoms with Crippen molar-refractivity contribution in [2.45, 2.75) is 72.3 Å². The number of amides is 1. The third-order valence-electron chi connectivity index (χ3n) is 3.75. The van der Waals surface area contributed by atoms with Gasteiger partial charge in [-0.05, 0) is 25.3 Å². The van der Waals surface area contributed by atoms with Crippen molar-refractivity contribution in [2.24, 2.45) is 17.6 Å². The molecule has 118 valence electrons. The summed E-state index contributed by atoms with van der Waals surface area (Å²) in [5.41, 5.74) is 5.51. The van der Waals surface area contributed by atoms with Crippen LogP contribution in [0.4, 0.5) is 0 Å². The first kappa shape index (κ1) is 19.1. The zero-order chi connectivity index (χ0) is 15.5. The second-order valence-corrected chi connectivity index (χ2v) is 6.01. The number of ketones is 1. The summed E-state index contributed by atoms with van der Waals surface area (Å²) in [7, 11) is 0. The van der Waals surface area contributed by atoms with Crippen LogP contribution >= 0.6 is 0 Å². The normalized spacial score (nSPS) is 14.1. The van der Waals surface area contributed by atoms with E-state index in [-0.39, 0.29) is 17.6 Å². The lowest BCUT2D eigenvalue weighted by Gasteiger charge is -2.19. The van der Waals surface area contributed by atoms with Gasteiger partial charge in [-0.1, -0.05) is 47.0 Å². The fraction of sp³-hybridized carbons (Fsp3) is 0.875. The Balaban J connectivity index is 4.04. The predicted molar refractivity (Wildman–Crippen MR) is 83.4 cm³/mol. The Morgan fingerprint density at radius 1 is 1.10 bits per heavy atom. The minimum absolute atomic E-state index is 0.0263. The van der Waals surface area contributed by atoms with Crippen molar-refractivity contribution in [3.8, 4) is 0 Å². The zero-order valence-corrected chi connectivity index (χ0v) is 13.6. The molecule has 0 bridgehead atoms. The topological polar surface area (TPSA) is 72.2 Å². The molecule has 1 unspecified atom stereocenters. The third-order valence-corrected chi connectivity index (χ3v) is 3.75. The third kappa shape index (κ3) is 8.31. The zero-order valence-electron chi connectivity index (χ0n) is 13.6. The van der Waals surface area contributed by atoms with Crippen molar-refractivity contribution < 1.29 is 9.59 Å². The molecule has 2 atom stereocenters. The second-order valence-electron chi connectivity index (χ2n) is 6.01. The molecule has 4 heteroatoms. The van der Waals surface area contributed by atoms with Crippen LogP contribution in [0.25, 0.3) is 0 Å². The maximum Gasteiger partial charge on any atom is 0.220 e. The minimum atomic E-state index is -0.415. The number of hydrogen-bond donors (Lipinski definition) is 2. The lowest BCUT2D eigenvalue weighted by Crippen LogP contribution is -2.43. The van der Waals surface area contributed by atoms with Gasteiger partial charge in [0, 0.05) is 12.3 Å². The maximum absolute atomic E-state index is 12.0. The number of carbonyl (C=O) groups is 2. The molecule has 0 heterocycles. The van der Waals surface area contributed by atoms with Gasteiger partial charge in [0.1, 0.15) is 0 Å². The van der Waals surface area contributed by atoms with Gasteiger partial charge in [0.2, 0.25) is 5.91 Å². The standard InChI is InChI=1S/C16H32N2O2/c1-5-13(4)8-6-7-9-15(19)18-14(10-11-17)16(20)12(2)3/h12-14H,5-11,17H2,1-4H3,(H,18,19)/t13?,14-/m0/s1. The molecular weight excluding hydrogens is 252 g/mol. The van der Waals surface area contributed by atoms with Crippen molar-refractivity contribution in [3.05, 3.63) is 0 Å². The quantitative estimate of drug-likeness (QED) is 0.573. The highest BCUT2D eigenvalue weighted by Crippen LogP contribution is 2.12. The van der Waals surface area contributed by atoms with E-state index in [0.717, 1.165) is 18.8 Å². The molecule has 0 saturated heterocycles. The molecule has 0 fully saturated rings. The lowest BCUT2D eigenvalue weighted by atomic mass is 9.98. The summed E-state index contributed by atoms with van der Waals surface area (Å²) in [5, 5.41) is 2.83. The summed E-state index contributed by atoms with van der Waals surface area (Å²) in [6.45, 7) is 8.54. The number of nitrogens with two attached hydrogens (primary N) is 1. The highest BCUT2D eigenvalue weighted by molar-refractivity contribution is 5.90. The molecule has 0 radical (unpaired) electrons. The monoisotopic (exact) mass is 284 g/mol. The summed E-state index contributed by atoms with van der Waals surface area (Å²) < 4.78 is 0. The van der Waals surface area contributed by atoms with Crippen molar-refractivity contribution in [2.75, 3.05) is 6.54 Å². The van der Waals surface area contributed by atoms with Gasteiger partial charge in [-0.15, -0.1) is 0 Å².